The summed E-state index contributed by atoms with van der Waals surface area (Å²) in [6.07, 6.45) is 14.7. The number of ether oxygens (including phenoxy) is 2. The van der Waals surface area contributed by atoms with Gasteiger partial charge in [-0.1, -0.05) is 78.4 Å². The Hall–Kier alpha value is -6.42. The first-order valence-corrected chi connectivity index (χ1v) is 21.6. The SMILES string of the molecule is CCCCC(CC)CN1C(=O)c2ccc3c4c(Oc5cc[nH+]cc5)cc5c6c(ccc(c7c(Oc8cc[nH+]cc8)cc(c2c37)C1=O)c64)C(=O)N(CC(CC)CCCC)C5=O. The number of H-pyrrole nitrogens is 2. The van der Waals surface area contributed by atoms with Gasteiger partial charge in [-0.05, 0) is 59.7 Å². The quantitative estimate of drug-likeness (QED) is 0.0545. The molecule has 0 fully saturated rings. The van der Waals surface area contributed by atoms with E-state index in [-0.39, 0.29) is 35.5 Å². The summed E-state index contributed by atoms with van der Waals surface area (Å²) < 4.78 is 13.5. The number of nitrogens with zero attached hydrogens (tertiary/aromatic N) is 2. The molecule has 0 saturated carbocycles. The molecule has 4 amide bonds. The first-order chi connectivity index (χ1) is 29.3. The lowest BCUT2D eigenvalue weighted by atomic mass is 9.81. The predicted molar refractivity (Wildman–Crippen MR) is 231 cm³/mol. The van der Waals surface area contributed by atoms with Crippen LogP contribution in [0.3, 0.4) is 0 Å². The molecule has 304 valence electrons. The number of carbonyl (C=O) groups excluding carboxylic acids is 4. The summed E-state index contributed by atoms with van der Waals surface area (Å²) in [7, 11) is 0. The van der Waals surface area contributed by atoms with Crippen LogP contribution in [-0.2, 0) is 0 Å². The van der Waals surface area contributed by atoms with Crippen molar-refractivity contribution >= 4 is 66.7 Å². The van der Waals surface area contributed by atoms with E-state index in [0.717, 1.165) is 51.4 Å². The predicted octanol–water partition coefficient (Wildman–Crippen LogP) is 10.6. The Balaban J connectivity index is 1.35. The van der Waals surface area contributed by atoms with Gasteiger partial charge < -0.3 is 9.47 Å². The van der Waals surface area contributed by atoms with Crippen molar-refractivity contribution in [1.29, 1.82) is 0 Å². The Kier molecular flexibility index (Phi) is 10.4. The maximum atomic E-state index is 14.7. The van der Waals surface area contributed by atoms with Crippen LogP contribution in [0.1, 0.15) is 120 Å². The average molecular weight is 803 g/mol. The second kappa shape index (κ2) is 16.0. The summed E-state index contributed by atoms with van der Waals surface area (Å²) in [4.78, 5) is 67.5. The second-order valence-electron chi connectivity index (χ2n) is 16.4. The smallest absolute Gasteiger partial charge is 0.261 e. The van der Waals surface area contributed by atoms with E-state index in [1.54, 1.807) is 36.9 Å². The first-order valence-electron chi connectivity index (χ1n) is 21.6. The van der Waals surface area contributed by atoms with E-state index in [9.17, 15) is 19.2 Å². The van der Waals surface area contributed by atoms with Crippen LogP contribution >= 0.6 is 0 Å². The molecule has 10 nitrogen and oxygen atoms in total. The number of rotatable bonds is 16. The van der Waals surface area contributed by atoms with Gasteiger partial charge in [0.05, 0.1) is 11.1 Å². The standard InChI is InChI=1S/C50H48N4O6/c1-5-9-11-29(7-3)27-53-47(55)35-15-13-33-44-40(60-32-19-23-52-24-20-32)26-38-42-36(48(56)54(50(38)58)28-30(8-4)12-10-6-2)16-14-34(46(42)44)43-39(59-31-17-21-51-22-18-31)25-37(49(53)57)41(35)45(33)43/h13-26,29-30H,5-12,27-28H2,1-4H3/p+2. The van der Waals surface area contributed by atoms with E-state index in [4.69, 9.17) is 9.47 Å². The van der Waals surface area contributed by atoms with Gasteiger partial charge in [-0.25, -0.2) is 9.97 Å². The lowest BCUT2D eigenvalue weighted by Gasteiger charge is -2.33. The lowest BCUT2D eigenvalue weighted by Crippen LogP contribution is -2.43. The molecule has 5 aromatic carbocycles. The molecule has 4 heterocycles. The number of aromatic amines is 2. The number of fused-ring (bicyclic) bond motifs is 2. The number of aromatic nitrogens is 2. The monoisotopic (exact) mass is 802 g/mol. The van der Waals surface area contributed by atoms with E-state index in [0.29, 0.717) is 101 Å². The maximum absolute atomic E-state index is 14.7. The van der Waals surface area contributed by atoms with Crippen molar-refractivity contribution in [2.75, 3.05) is 13.1 Å². The normalized spacial score (nSPS) is 14.9. The Morgan fingerprint density at radius 1 is 0.483 bits per heavy atom. The van der Waals surface area contributed by atoms with Crippen molar-refractivity contribution in [2.24, 2.45) is 11.8 Å². The number of pyridine rings is 2. The van der Waals surface area contributed by atoms with E-state index in [1.165, 1.54) is 9.80 Å². The van der Waals surface area contributed by atoms with Crippen LogP contribution in [0.4, 0.5) is 0 Å². The van der Waals surface area contributed by atoms with Gasteiger partial charge in [0.15, 0.2) is 24.8 Å². The molecular weight excluding hydrogens is 753 g/mol. The van der Waals surface area contributed by atoms with Crippen LogP contribution < -0.4 is 19.4 Å². The molecule has 9 rings (SSSR count). The van der Waals surface area contributed by atoms with Gasteiger partial charge >= 0.3 is 0 Å². The highest BCUT2D eigenvalue weighted by molar-refractivity contribution is 6.43. The van der Waals surface area contributed by atoms with Crippen molar-refractivity contribution in [1.82, 2.24) is 9.80 Å². The van der Waals surface area contributed by atoms with Gasteiger partial charge in [0.2, 0.25) is 0 Å². The number of nitrogens with one attached hydrogen (secondary N) is 2. The molecule has 2 aliphatic heterocycles. The van der Waals surface area contributed by atoms with Gasteiger partial charge in [-0.15, -0.1) is 0 Å². The van der Waals surface area contributed by atoms with Crippen molar-refractivity contribution in [2.45, 2.75) is 79.1 Å². The summed E-state index contributed by atoms with van der Waals surface area (Å²) in [6, 6.07) is 18.2. The summed E-state index contributed by atoms with van der Waals surface area (Å²) in [6.45, 7) is 9.18. The second-order valence-corrected chi connectivity index (χ2v) is 16.4. The summed E-state index contributed by atoms with van der Waals surface area (Å²) >= 11 is 0. The fourth-order valence-corrected chi connectivity index (χ4v) is 9.47. The van der Waals surface area contributed by atoms with E-state index in [2.05, 4.69) is 37.7 Å². The maximum Gasteiger partial charge on any atom is 0.261 e. The fourth-order valence-electron chi connectivity index (χ4n) is 9.47. The number of hydrogen-bond acceptors (Lipinski definition) is 6. The Morgan fingerprint density at radius 2 is 0.867 bits per heavy atom. The summed E-state index contributed by atoms with van der Waals surface area (Å²) in [5.74, 6) is 0.942. The minimum atomic E-state index is -0.356. The molecule has 2 unspecified atom stereocenters. The van der Waals surface area contributed by atoms with Crippen LogP contribution in [0, 0.1) is 11.8 Å². The highest BCUT2D eigenvalue weighted by Gasteiger charge is 2.40. The number of hydrogen-bond donors (Lipinski definition) is 0. The summed E-state index contributed by atoms with van der Waals surface area (Å²) in [5.41, 5.74) is 1.66. The lowest BCUT2D eigenvalue weighted by molar-refractivity contribution is -0.378. The number of imide groups is 2. The third kappa shape index (κ3) is 6.40. The zero-order chi connectivity index (χ0) is 41.7. The summed E-state index contributed by atoms with van der Waals surface area (Å²) in [5, 5.41) is 5.24. The fraction of sp³-hybridized carbons (Fsp3) is 0.320. The number of unbranched alkanes of at least 4 members (excludes halogenated alkanes) is 2. The molecule has 0 radical (unpaired) electrons. The Bertz CT molecular complexity index is 2630. The zero-order valence-electron chi connectivity index (χ0n) is 34.7. The van der Waals surface area contributed by atoms with E-state index in [1.807, 2.05) is 48.5 Å². The van der Waals surface area contributed by atoms with Gasteiger partial charge in [0.25, 0.3) is 23.6 Å². The number of carbonyl (C=O) groups is 4. The minimum Gasteiger partial charge on any atom is -0.456 e. The molecule has 0 spiro atoms. The van der Waals surface area contributed by atoms with Crippen molar-refractivity contribution in [3.05, 3.63) is 108 Å². The third-order valence-electron chi connectivity index (χ3n) is 12.7. The molecule has 10 heteroatoms. The number of amides is 4. The molecular formula is C50H50N4O6+2. The van der Waals surface area contributed by atoms with Crippen LogP contribution in [0.25, 0.3) is 43.1 Å². The molecule has 0 saturated heterocycles. The van der Waals surface area contributed by atoms with Gasteiger partial charge in [0.1, 0.15) is 23.0 Å². The van der Waals surface area contributed by atoms with Crippen LogP contribution in [0.2, 0.25) is 0 Å². The van der Waals surface area contributed by atoms with Crippen molar-refractivity contribution in [3.63, 3.8) is 0 Å². The van der Waals surface area contributed by atoms with E-state index < -0.39 is 0 Å². The van der Waals surface area contributed by atoms with Gasteiger partial charge in [0, 0.05) is 80.8 Å². The Morgan fingerprint density at radius 3 is 1.23 bits per heavy atom. The van der Waals surface area contributed by atoms with Gasteiger partial charge in [-0.3, -0.25) is 29.0 Å². The molecule has 2 N–H and O–H groups in total. The van der Waals surface area contributed by atoms with Crippen molar-refractivity contribution in [3.8, 4) is 23.0 Å². The van der Waals surface area contributed by atoms with Gasteiger partial charge in [-0.2, -0.15) is 0 Å². The van der Waals surface area contributed by atoms with Crippen LogP contribution in [-0.4, -0.2) is 46.5 Å². The number of benzene rings is 5. The molecule has 60 heavy (non-hydrogen) atoms. The zero-order valence-corrected chi connectivity index (χ0v) is 34.7. The van der Waals surface area contributed by atoms with Crippen LogP contribution in [0.15, 0.2) is 85.5 Å². The van der Waals surface area contributed by atoms with Crippen LogP contribution in [0.5, 0.6) is 23.0 Å². The average Bonchev–Trinajstić information content (AvgIpc) is 3.27. The Labute approximate surface area is 348 Å². The molecule has 2 aromatic heterocycles. The minimum absolute atomic E-state index is 0.177. The molecule has 0 aliphatic carbocycles. The highest BCUT2D eigenvalue weighted by Crippen LogP contribution is 2.53. The largest absolute Gasteiger partial charge is 0.456 e. The first kappa shape index (κ1) is 39.1. The molecule has 7 aromatic rings. The third-order valence-corrected chi connectivity index (χ3v) is 12.7. The van der Waals surface area contributed by atoms with E-state index >= 15 is 0 Å². The molecule has 2 aliphatic rings. The van der Waals surface area contributed by atoms with Crippen molar-refractivity contribution < 1.29 is 38.6 Å². The topological polar surface area (TPSA) is 122 Å². The molecule has 2 atom stereocenters. The highest BCUT2D eigenvalue weighted by atomic mass is 16.5. The molecule has 0 bridgehead atoms.